The number of rotatable bonds is 6. The van der Waals surface area contributed by atoms with Crippen molar-refractivity contribution in [1.82, 2.24) is 0 Å². The predicted molar refractivity (Wildman–Crippen MR) is 57.6 cm³/mol. The van der Waals surface area contributed by atoms with Crippen LogP contribution in [0, 0.1) is 11.3 Å². The van der Waals surface area contributed by atoms with Gasteiger partial charge in [-0.15, -0.1) is 0 Å². The first-order valence-electron chi connectivity index (χ1n) is 4.75. The molecule has 1 unspecified atom stereocenters. The molecule has 0 aromatic heterocycles. The quantitative estimate of drug-likeness (QED) is 0.650. The van der Waals surface area contributed by atoms with Gasteiger partial charge in [-0.05, 0) is 29.3 Å². The van der Waals surface area contributed by atoms with Gasteiger partial charge in [-0.2, -0.15) is 11.8 Å². The summed E-state index contributed by atoms with van der Waals surface area (Å²) < 4.78 is 0. The van der Waals surface area contributed by atoms with Gasteiger partial charge in [0.1, 0.15) is 0 Å². The van der Waals surface area contributed by atoms with Crippen molar-refractivity contribution in [3.8, 4) is 0 Å². The van der Waals surface area contributed by atoms with Gasteiger partial charge in [0.05, 0.1) is 0 Å². The molecule has 2 heteroatoms. The predicted octanol–water partition coefficient (Wildman–Crippen LogP) is 2.78. The molecule has 0 aliphatic rings. The Morgan fingerprint density at radius 3 is 2.33 bits per heavy atom. The van der Waals surface area contributed by atoms with Gasteiger partial charge in [0.25, 0.3) is 0 Å². The van der Waals surface area contributed by atoms with Gasteiger partial charge in [-0.1, -0.05) is 27.7 Å². The van der Waals surface area contributed by atoms with Gasteiger partial charge < -0.3 is 5.11 Å². The van der Waals surface area contributed by atoms with E-state index in [0.29, 0.717) is 12.5 Å². The summed E-state index contributed by atoms with van der Waals surface area (Å²) in [6.07, 6.45) is 1.12. The molecule has 12 heavy (non-hydrogen) atoms. The van der Waals surface area contributed by atoms with E-state index in [1.807, 2.05) is 11.8 Å². The SMILES string of the molecule is CCSCCC(C)(CO)C(C)C. The molecule has 1 atom stereocenters. The summed E-state index contributed by atoms with van der Waals surface area (Å²) >= 11 is 1.96. The third kappa shape index (κ3) is 3.81. The summed E-state index contributed by atoms with van der Waals surface area (Å²) in [4.78, 5) is 0. The van der Waals surface area contributed by atoms with Crippen molar-refractivity contribution < 1.29 is 5.11 Å². The van der Waals surface area contributed by atoms with Crippen LogP contribution in [0.4, 0.5) is 0 Å². The second kappa shape index (κ2) is 5.87. The van der Waals surface area contributed by atoms with Crippen molar-refractivity contribution >= 4 is 11.8 Å². The highest BCUT2D eigenvalue weighted by atomic mass is 32.2. The maximum absolute atomic E-state index is 9.25. The van der Waals surface area contributed by atoms with E-state index in [1.54, 1.807) is 0 Å². The summed E-state index contributed by atoms with van der Waals surface area (Å²) in [6.45, 7) is 9.04. The van der Waals surface area contributed by atoms with E-state index < -0.39 is 0 Å². The van der Waals surface area contributed by atoms with Crippen molar-refractivity contribution in [3.63, 3.8) is 0 Å². The molecule has 0 aliphatic heterocycles. The maximum Gasteiger partial charge on any atom is 0.0487 e. The number of aliphatic hydroxyl groups excluding tert-OH is 1. The molecule has 0 aromatic carbocycles. The van der Waals surface area contributed by atoms with Crippen LogP contribution in [0.25, 0.3) is 0 Å². The van der Waals surface area contributed by atoms with E-state index in [0.717, 1.165) is 6.42 Å². The second-order valence-corrected chi connectivity index (χ2v) is 5.31. The first-order valence-corrected chi connectivity index (χ1v) is 5.91. The van der Waals surface area contributed by atoms with E-state index in [-0.39, 0.29) is 5.41 Å². The van der Waals surface area contributed by atoms with Gasteiger partial charge in [-0.25, -0.2) is 0 Å². The average molecular weight is 190 g/mol. The van der Waals surface area contributed by atoms with Gasteiger partial charge >= 0.3 is 0 Å². The molecule has 0 aromatic rings. The lowest BCUT2D eigenvalue weighted by atomic mass is 9.78. The van der Waals surface area contributed by atoms with Gasteiger partial charge in [0, 0.05) is 6.61 Å². The summed E-state index contributed by atoms with van der Waals surface area (Å²) in [5.74, 6) is 2.92. The summed E-state index contributed by atoms with van der Waals surface area (Å²) in [5.41, 5.74) is 0.127. The topological polar surface area (TPSA) is 20.2 Å². The Balaban J connectivity index is 3.80. The van der Waals surface area contributed by atoms with Gasteiger partial charge in [0.15, 0.2) is 0 Å². The summed E-state index contributed by atoms with van der Waals surface area (Å²) in [7, 11) is 0. The molecule has 0 heterocycles. The highest BCUT2D eigenvalue weighted by Gasteiger charge is 2.26. The first kappa shape index (κ1) is 12.3. The molecule has 0 saturated heterocycles. The Labute approximate surface area is 80.9 Å². The first-order chi connectivity index (χ1) is 5.56. The fraction of sp³-hybridized carbons (Fsp3) is 1.00. The van der Waals surface area contributed by atoms with Crippen molar-refractivity contribution in [2.75, 3.05) is 18.1 Å². The van der Waals surface area contributed by atoms with Crippen molar-refractivity contribution in [2.24, 2.45) is 11.3 Å². The largest absolute Gasteiger partial charge is 0.396 e. The molecule has 0 rings (SSSR count). The highest BCUT2D eigenvalue weighted by molar-refractivity contribution is 7.99. The third-order valence-corrected chi connectivity index (χ3v) is 3.68. The lowest BCUT2D eigenvalue weighted by molar-refractivity contribution is 0.0918. The molecule has 0 bridgehead atoms. The molecule has 74 valence electrons. The fourth-order valence-corrected chi connectivity index (χ4v) is 1.90. The number of hydrogen-bond acceptors (Lipinski definition) is 2. The number of thioether (sulfide) groups is 1. The molecular formula is C10H22OS. The van der Waals surface area contributed by atoms with Gasteiger partial charge in [-0.3, -0.25) is 0 Å². The zero-order chi connectivity index (χ0) is 9.61. The Morgan fingerprint density at radius 2 is 2.00 bits per heavy atom. The lowest BCUT2D eigenvalue weighted by Gasteiger charge is -2.31. The van der Waals surface area contributed by atoms with Gasteiger partial charge in [0.2, 0.25) is 0 Å². The minimum Gasteiger partial charge on any atom is -0.396 e. The maximum atomic E-state index is 9.25. The van der Waals surface area contributed by atoms with Crippen LogP contribution >= 0.6 is 11.8 Å². The Hall–Kier alpha value is 0.310. The van der Waals surface area contributed by atoms with Crippen LogP contribution in [-0.2, 0) is 0 Å². The number of hydrogen-bond donors (Lipinski definition) is 1. The lowest BCUT2D eigenvalue weighted by Crippen LogP contribution is -2.28. The van der Waals surface area contributed by atoms with Crippen LogP contribution in [0.1, 0.15) is 34.1 Å². The summed E-state index contributed by atoms with van der Waals surface area (Å²) in [5, 5.41) is 9.25. The molecule has 0 aliphatic carbocycles. The molecule has 1 nitrogen and oxygen atoms in total. The molecule has 0 amide bonds. The van der Waals surface area contributed by atoms with E-state index in [4.69, 9.17) is 0 Å². The van der Waals surface area contributed by atoms with Crippen LogP contribution in [0.15, 0.2) is 0 Å². The smallest absolute Gasteiger partial charge is 0.0487 e. The van der Waals surface area contributed by atoms with E-state index in [9.17, 15) is 5.11 Å². The minimum absolute atomic E-state index is 0.127. The Kier molecular flexibility index (Phi) is 6.02. The third-order valence-electron chi connectivity index (χ3n) is 2.78. The summed E-state index contributed by atoms with van der Waals surface area (Å²) in [6, 6.07) is 0. The van der Waals surface area contributed by atoms with Crippen molar-refractivity contribution in [3.05, 3.63) is 0 Å². The normalized spacial score (nSPS) is 16.5. The molecule has 1 N–H and O–H groups in total. The second-order valence-electron chi connectivity index (χ2n) is 3.91. The zero-order valence-corrected chi connectivity index (χ0v) is 9.58. The minimum atomic E-state index is 0.127. The van der Waals surface area contributed by atoms with E-state index >= 15 is 0 Å². The monoisotopic (exact) mass is 190 g/mol. The standard InChI is InChI=1S/C10H22OS/c1-5-12-7-6-10(4,8-11)9(2)3/h9,11H,5-8H2,1-4H3. The molecule has 0 saturated carbocycles. The van der Waals surface area contributed by atoms with Crippen LogP contribution in [0.2, 0.25) is 0 Å². The fourth-order valence-electron chi connectivity index (χ4n) is 1.000. The van der Waals surface area contributed by atoms with E-state index in [2.05, 4.69) is 27.7 Å². The Morgan fingerprint density at radius 1 is 1.42 bits per heavy atom. The van der Waals surface area contributed by atoms with E-state index in [1.165, 1.54) is 11.5 Å². The van der Waals surface area contributed by atoms with Crippen LogP contribution in [0.5, 0.6) is 0 Å². The average Bonchev–Trinajstić information content (AvgIpc) is 2.04. The van der Waals surface area contributed by atoms with Crippen molar-refractivity contribution in [2.45, 2.75) is 34.1 Å². The molecular weight excluding hydrogens is 168 g/mol. The van der Waals surface area contributed by atoms with Crippen molar-refractivity contribution in [1.29, 1.82) is 0 Å². The molecule has 0 radical (unpaired) electrons. The molecule has 0 spiro atoms. The molecule has 0 fully saturated rings. The highest BCUT2D eigenvalue weighted by Crippen LogP contribution is 2.31. The number of aliphatic hydroxyl groups is 1. The van der Waals surface area contributed by atoms with Crippen LogP contribution in [-0.4, -0.2) is 23.2 Å². The Bertz CT molecular complexity index is 114. The van der Waals surface area contributed by atoms with Crippen LogP contribution in [0.3, 0.4) is 0 Å². The van der Waals surface area contributed by atoms with Crippen LogP contribution < -0.4 is 0 Å². The zero-order valence-electron chi connectivity index (χ0n) is 8.76.